The van der Waals surface area contributed by atoms with Crippen molar-refractivity contribution in [2.75, 3.05) is 0 Å². The molecular formula is C54H32N4O. The Bertz CT molecular complexity index is 3840. The van der Waals surface area contributed by atoms with Gasteiger partial charge in [0.2, 0.25) is 5.95 Å². The average molecular weight is 753 g/mol. The van der Waals surface area contributed by atoms with E-state index in [9.17, 15) is 0 Å². The normalized spacial score (nSPS) is 12.1. The molecule has 0 saturated carbocycles. The molecule has 9 aromatic carbocycles. The lowest BCUT2D eigenvalue weighted by atomic mass is 9.97. The van der Waals surface area contributed by atoms with Gasteiger partial charge in [-0.3, -0.25) is 4.57 Å². The largest absolute Gasteiger partial charge is 0.455 e. The summed E-state index contributed by atoms with van der Waals surface area (Å²) in [6.45, 7) is 0. The summed E-state index contributed by atoms with van der Waals surface area (Å²) in [5.41, 5.74) is 12.2. The molecule has 0 atom stereocenters. The zero-order valence-electron chi connectivity index (χ0n) is 31.7. The van der Waals surface area contributed by atoms with Gasteiger partial charge in [0, 0.05) is 54.5 Å². The van der Waals surface area contributed by atoms with Crippen molar-refractivity contribution in [1.29, 1.82) is 0 Å². The smallest absolute Gasteiger partial charge is 0.235 e. The molecule has 5 heteroatoms. The Balaban J connectivity index is 1.24. The van der Waals surface area contributed by atoms with Crippen LogP contribution in [0.15, 0.2) is 199 Å². The molecule has 0 unspecified atom stereocenters. The van der Waals surface area contributed by atoms with E-state index in [2.05, 4.69) is 191 Å². The van der Waals surface area contributed by atoms with Gasteiger partial charge in [-0.15, -0.1) is 0 Å². The molecule has 4 heterocycles. The van der Waals surface area contributed by atoms with E-state index in [0.717, 1.165) is 99.0 Å². The summed E-state index contributed by atoms with van der Waals surface area (Å²) >= 11 is 0. The number of aromatic nitrogens is 4. The van der Waals surface area contributed by atoms with Gasteiger partial charge in [0.15, 0.2) is 0 Å². The zero-order valence-corrected chi connectivity index (χ0v) is 31.7. The van der Waals surface area contributed by atoms with Crippen molar-refractivity contribution in [3.05, 3.63) is 194 Å². The molecule has 0 radical (unpaired) electrons. The van der Waals surface area contributed by atoms with Crippen LogP contribution >= 0.6 is 0 Å². The first-order valence-electron chi connectivity index (χ1n) is 20.0. The van der Waals surface area contributed by atoms with E-state index in [1.54, 1.807) is 0 Å². The monoisotopic (exact) mass is 752 g/mol. The fourth-order valence-electron chi connectivity index (χ4n) is 9.53. The number of rotatable bonds is 4. The van der Waals surface area contributed by atoms with Gasteiger partial charge < -0.3 is 8.98 Å². The fraction of sp³-hybridized carbons (Fsp3) is 0. The Kier molecular flexibility index (Phi) is 6.66. The standard InChI is InChI=1S/C54H32N4O/c1-3-16-34(17-4-1)50-41-23-9-12-24-45(41)55-54(56-50)58-51-37-20-8-7-15-33(37)27-30-42(51)49-52(58)43(32-44-40-22-11-14-26-48(40)59-53(44)49)35-28-29-39-38-21-10-13-25-46(38)57(47(39)31-35)36-18-5-2-6-19-36/h1-32H. The molecule has 0 N–H and O–H groups in total. The molecule has 4 aromatic heterocycles. The fourth-order valence-corrected chi connectivity index (χ4v) is 9.53. The van der Waals surface area contributed by atoms with E-state index in [1.807, 2.05) is 12.1 Å². The van der Waals surface area contributed by atoms with Gasteiger partial charge in [0.25, 0.3) is 0 Å². The second kappa shape index (κ2) is 12.2. The molecule has 0 amide bonds. The highest BCUT2D eigenvalue weighted by molar-refractivity contribution is 6.30. The van der Waals surface area contributed by atoms with Crippen LogP contribution in [0.25, 0.3) is 121 Å². The SMILES string of the molecule is c1ccc(-c2nc(-n3c4c(-c5ccc6c7ccccc7n(-c7ccccc7)c6c5)cc5c6ccccc6oc5c4c4ccc5ccccc5c43)nc3ccccc23)cc1. The quantitative estimate of drug-likeness (QED) is 0.180. The van der Waals surface area contributed by atoms with E-state index in [0.29, 0.717) is 5.95 Å². The number of nitrogens with zero attached hydrogens (tertiary/aromatic N) is 4. The molecule has 0 saturated heterocycles. The van der Waals surface area contributed by atoms with E-state index in [4.69, 9.17) is 14.4 Å². The third-order valence-corrected chi connectivity index (χ3v) is 12.1. The van der Waals surface area contributed by atoms with Crippen LogP contribution in [0, 0.1) is 0 Å². The maximum absolute atomic E-state index is 6.92. The summed E-state index contributed by atoms with van der Waals surface area (Å²) in [6, 6.07) is 68.9. The topological polar surface area (TPSA) is 48.8 Å². The second-order valence-electron chi connectivity index (χ2n) is 15.3. The molecule has 13 rings (SSSR count). The summed E-state index contributed by atoms with van der Waals surface area (Å²) in [5.74, 6) is 0.607. The number of hydrogen-bond donors (Lipinski definition) is 0. The number of para-hydroxylation sites is 4. The van der Waals surface area contributed by atoms with Gasteiger partial charge >= 0.3 is 0 Å². The van der Waals surface area contributed by atoms with Gasteiger partial charge in [-0.05, 0) is 53.4 Å². The van der Waals surface area contributed by atoms with Gasteiger partial charge in [-0.25, -0.2) is 9.97 Å². The molecule has 274 valence electrons. The van der Waals surface area contributed by atoms with Crippen LogP contribution in [-0.4, -0.2) is 19.1 Å². The first-order valence-corrected chi connectivity index (χ1v) is 20.0. The van der Waals surface area contributed by atoms with E-state index < -0.39 is 0 Å². The van der Waals surface area contributed by atoms with Crippen LogP contribution in [0.1, 0.15) is 0 Å². The summed E-state index contributed by atoms with van der Waals surface area (Å²) < 4.78 is 11.6. The number of furan rings is 1. The number of hydrogen-bond acceptors (Lipinski definition) is 3. The Morgan fingerprint density at radius 3 is 1.95 bits per heavy atom. The van der Waals surface area contributed by atoms with Gasteiger partial charge in [0.1, 0.15) is 11.2 Å². The predicted octanol–water partition coefficient (Wildman–Crippen LogP) is 14.2. The lowest BCUT2D eigenvalue weighted by molar-refractivity contribution is 0.673. The predicted molar refractivity (Wildman–Crippen MR) is 244 cm³/mol. The van der Waals surface area contributed by atoms with Crippen molar-refractivity contribution in [2.24, 2.45) is 0 Å². The number of benzene rings is 9. The van der Waals surface area contributed by atoms with Crippen LogP contribution in [0.3, 0.4) is 0 Å². The van der Waals surface area contributed by atoms with E-state index in [-0.39, 0.29) is 0 Å². The third kappa shape index (κ3) is 4.61. The molecule has 5 nitrogen and oxygen atoms in total. The van der Waals surface area contributed by atoms with Crippen LogP contribution < -0.4 is 0 Å². The van der Waals surface area contributed by atoms with E-state index in [1.165, 1.54) is 16.3 Å². The Hall–Kier alpha value is -8.02. The zero-order chi connectivity index (χ0) is 38.6. The third-order valence-electron chi connectivity index (χ3n) is 12.1. The van der Waals surface area contributed by atoms with Gasteiger partial charge in [-0.1, -0.05) is 152 Å². The highest BCUT2D eigenvalue weighted by Crippen LogP contribution is 2.47. The Morgan fingerprint density at radius 1 is 0.407 bits per heavy atom. The molecule has 0 spiro atoms. The summed E-state index contributed by atoms with van der Waals surface area (Å²) in [7, 11) is 0. The van der Waals surface area contributed by atoms with Crippen LogP contribution in [0.4, 0.5) is 0 Å². The summed E-state index contributed by atoms with van der Waals surface area (Å²) in [6.07, 6.45) is 0. The lowest BCUT2D eigenvalue weighted by Crippen LogP contribution is -2.04. The highest BCUT2D eigenvalue weighted by atomic mass is 16.3. The van der Waals surface area contributed by atoms with Crippen molar-refractivity contribution >= 4 is 87.2 Å². The molecule has 0 aliphatic heterocycles. The van der Waals surface area contributed by atoms with Crippen molar-refractivity contribution in [3.8, 4) is 34.0 Å². The van der Waals surface area contributed by atoms with E-state index >= 15 is 0 Å². The molecule has 0 bridgehead atoms. The van der Waals surface area contributed by atoms with Crippen molar-refractivity contribution < 1.29 is 4.42 Å². The van der Waals surface area contributed by atoms with Crippen LogP contribution in [0.2, 0.25) is 0 Å². The highest BCUT2D eigenvalue weighted by Gasteiger charge is 2.26. The van der Waals surface area contributed by atoms with Crippen molar-refractivity contribution in [1.82, 2.24) is 19.1 Å². The molecule has 13 aromatic rings. The first-order chi connectivity index (χ1) is 29.3. The molecule has 0 aliphatic carbocycles. The number of fused-ring (bicyclic) bond motifs is 13. The summed E-state index contributed by atoms with van der Waals surface area (Å²) in [5, 5.41) is 9.97. The molecular weight excluding hydrogens is 721 g/mol. The average Bonchev–Trinajstić information content (AvgIpc) is 3.97. The molecule has 0 aliphatic rings. The Morgan fingerprint density at radius 2 is 1.08 bits per heavy atom. The first kappa shape index (κ1) is 32.1. The minimum absolute atomic E-state index is 0.607. The second-order valence-corrected chi connectivity index (χ2v) is 15.3. The minimum Gasteiger partial charge on any atom is -0.455 e. The van der Waals surface area contributed by atoms with Gasteiger partial charge in [0.05, 0.1) is 38.7 Å². The lowest BCUT2D eigenvalue weighted by Gasteiger charge is -2.15. The van der Waals surface area contributed by atoms with Crippen LogP contribution in [-0.2, 0) is 0 Å². The summed E-state index contributed by atoms with van der Waals surface area (Å²) in [4.78, 5) is 10.9. The Labute approximate surface area is 337 Å². The minimum atomic E-state index is 0.607. The molecule has 0 fully saturated rings. The van der Waals surface area contributed by atoms with Crippen molar-refractivity contribution in [2.45, 2.75) is 0 Å². The maximum Gasteiger partial charge on any atom is 0.235 e. The van der Waals surface area contributed by atoms with Gasteiger partial charge in [-0.2, -0.15) is 0 Å². The molecule has 59 heavy (non-hydrogen) atoms. The van der Waals surface area contributed by atoms with Crippen molar-refractivity contribution in [3.63, 3.8) is 0 Å². The maximum atomic E-state index is 6.92. The van der Waals surface area contributed by atoms with Crippen LogP contribution in [0.5, 0.6) is 0 Å².